The minimum absolute atomic E-state index is 0.0746. The maximum absolute atomic E-state index is 10.8. The molecule has 0 saturated carbocycles. The molecule has 0 aliphatic heterocycles. The van der Waals surface area contributed by atoms with Crippen LogP contribution in [0.5, 0.6) is 0 Å². The first kappa shape index (κ1) is 16.2. The molecule has 10 heteroatoms. The van der Waals surface area contributed by atoms with Crippen molar-refractivity contribution in [2.24, 2.45) is 12.8 Å². The quantitative estimate of drug-likeness (QED) is 0.633. The molecule has 1 aromatic carbocycles. The SMILES string of the molecule is Cn1c(CCC(N)=O)nnc1Sc1ccc([N+](=O)[O-])cc1Cl. The second-order valence-electron chi connectivity index (χ2n) is 4.40. The molecule has 0 radical (unpaired) electrons. The number of rotatable bonds is 6. The number of nitro benzene ring substituents is 1. The van der Waals surface area contributed by atoms with E-state index in [2.05, 4.69) is 10.2 Å². The summed E-state index contributed by atoms with van der Waals surface area (Å²) in [5, 5.41) is 19.5. The Kier molecular flexibility index (Phi) is 4.99. The van der Waals surface area contributed by atoms with Crippen LogP contribution in [0.1, 0.15) is 12.2 Å². The Bertz CT molecular complexity index is 734. The molecule has 0 fully saturated rings. The van der Waals surface area contributed by atoms with Gasteiger partial charge in [-0.2, -0.15) is 0 Å². The number of hydrogen-bond acceptors (Lipinski definition) is 6. The fourth-order valence-corrected chi connectivity index (χ4v) is 2.77. The molecular weight excluding hydrogens is 330 g/mol. The van der Waals surface area contributed by atoms with E-state index in [0.717, 1.165) is 0 Å². The summed E-state index contributed by atoms with van der Waals surface area (Å²) >= 11 is 7.28. The van der Waals surface area contributed by atoms with E-state index in [1.54, 1.807) is 17.7 Å². The van der Waals surface area contributed by atoms with E-state index in [1.807, 2.05) is 0 Å². The molecule has 0 atom stereocenters. The Morgan fingerprint density at radius 1 is 1.50 bits per heavy atom. The van der Waals surface area contributed by atoms with Crippen molar-refractivity contribution in [2.45, 2.75) is 22.9 Å². The highest BCUT2D eigenvalue weighted by Gasteiger charge is 2.15. The van der Waals surface area contributed by atoms with Crippen LogP contribution in [0.15, 0.2) is 28.3 Å². The van der Waals surface area contributed by atoms with E-state index in [0.29, 0.717) is 22.3 Å². The number of hydrogen-bond donors (Lipinski definition) is 1. The van der Waals surface area contributed by atoms with Crippen LogP contribution < -0.4 is 5.73 Å². The summed E-state index contributed by atoms with van der Waals surface area (Å²) in [4.78, 5) is 21.6. The number of non-ortho nitro benzene ring substituents is 1. The van der Waals surface area contributed by atoms with Gasteiger partial charge in [-0.1, -0.05) is 11.6 Å². The van der Waals surface area contributed by atoms with Crippen LogP contribution in [0.25, 0.3) is 0 Å². The minimum Gasteiger partial charge on any atom is -0.370 e. The van der Waals surface area contributed by atoms with Gasteiger partial charge in [0.2, 0.25) is 5.91 Å². The van der Waals surface area contributed by atoms with Crippen molar-refractivity contribution in [3.05, 3.63) is 39.2 Å². The number of amides is 1. The van der Waals surface area contributed by atoms with Crippen LogP contribution in [0, 0.1) is 10.1 Å². The first-order valence-corrected chi connectivity index (χ1v) is 7.36. The fourth-order valence-electron chi connectivity index (χ4n) is 1.67. The van der Waals surface area contributed by atoms with Crippen molar-refractivity contribution in [3.8, 4) is 0 Å². The lowest BCUT2D eigenvalue weighted by atomic mass is 10.3. The zero-order valence-electron chi connectivity index (χ0n) is 11.5. The molecular formula is C12H12ClN5O3S. The Balaban J connectivity index is 2.17. The molecule has 1 amide bonds. The third kappa shape index (κ3) is 3.74. The van der Waals surface area contributed by atoms with E-state index >= 15 is 0 Å². The van der Waals surface area contributed by atoms with E-state index < -0.39 is 10.8 Å². The number of aryl methyl sites for hydroxylation is 1. The highest BCUT2D eigenvalue weighted by molar-refractivity contribution is 7.99. The molecule has 1 aromatic heterocycles. The van der Waals surface area contributed by atoms with E-state index in [-0.39, 0.29) is 17.1 Å². The van der Waals surface area contributed by atoms with Gasteiger partial charge in [-0.3, -0.25) is 14.9 Å². The highest BCUT2D eigenvalue weighted by atomic mass is 35.5. The van der Waals surface area contributed by atoms with E-state index in [4.69, 9.17) is 17.3 Å². The first-order chi connectivity index (χ1) is 10.4. The van der Waals surface area contributed by atoms with Gasteiger partial charge in [-0.15, -0.1) is 10.2 Å². The first-order valence-electron chi connectivity index (χ1n) is 6.17. The average Bonchev–Trinajstić information content (AvgIpc) is 2.79. The number of nitro groups is 1. The Hall–Kier alpha value is -2.13. The molecule has 116 valence electrons. The molecule has 0 aliphatic rings. The lowest BCUT2D eigenvalue weighted by Crippen LogP contribution is -2.12. The van der Waals surface area contributed by atoms with Crippen LogP contribution >= 0.6 is 23.4 Å². The van der Waals surface area contributed by atoms with E-state index in [1.165, 1.54) is 23.9 Å². The van der Waals surface area contributed by atoms with Gasteiger partial charge >= 0.3 is 0 Å². The van der Waals surface area contributed by atoms with Crippen LogP contribution in [-0.2, 0) is 18.3 Å². The smallest absolute Gasteiger partial charge is 0.270 e. The summed E-state index contributed by atoms with van der Waals surface area (Å²) < 4.78 is 1.73. The molecule has 2 aromatic rings. The normalized spacial score (nSPS) is 10.6. The van der Waals surface area contributed by atoms with Crippen LogP contribution in [0.4, 0.5) is 5.69 Å². The molecule has 0 unspecified atom stereocenters. The van der Waals surface area contributed by atoms with Crippen molar-refractivity contribution in [3.63, 3.8) is 0 Å². The minimum atomic E-state index is -0.509. The summed E-state index contributed by atoms with van der Waals surface area (Å²) in [6, 6.07) is 4.22. The monoisotopic (exact) mass is 341 g/mol. The largest absolute Gasteiger partial charge is 0.370 e. The number of nitrogens with zero attached hydrogens (tertiary/aromatic N) is 4. The molecule has 0 spiro atoms. The van der Waals surface area contributed by atoms with Crippen LogP contribution in [-0.4, -0.2) is 25.6 Å². The Labute approximate surface area is 134 Å². The van der Waals surface area contributed by atoms with Crippen molar-refractivity contribution in [2.75, 3.05) is 0 Å². The molecule has 2 rings (SSSR count). The highest BCUT2D eigenvalue weighted by Crippen LogP contribution is 2.34. The third-order valence-corrected chi connectivity index (χ3v) is 4.39. The maximum Gasteiger partial charge on any atom is 0.270 e. The molecule has 22 heavy (non-hydrogen) atoms. The molecule has 2 N–H and O–H groups in total. The average molecular weight is 342 g/mol. The van der Waals surface area contributed by atoms with Gasteiger partial charge in [0.05, 0.1) is 9.95 Å². The van der Waals surface area contributed by atoms with Crippen LogP contribution in [0.3, 0.4) is 0 Å². The lowest BCUT2D eigenvalue weighted by Gasteiger charge is -2.04. The Morgan fingerprint density at radius 3 is 2.82 bits per heavy atom. The maximum atomic E-state index is 10.8. The number of halogens is 1. The summed E-state index contributed by atoms with van der Waals surface area (Å²) in [5.41, 5.74) is 5.03. The van der Waals surface area contributed by atoms with Crippen molar-refractivity contribution in [1.29, 1.82) is 0 Å². The second-order valence-corrected chi connectivity index (χ2v) is 5.81. The third-order valence-electron chi connectivity index (χ3n) is 2.85. The predicted molar refractivity (Wildman–Crippen MR) is 80.7 cm³/mol. The molecule has 8 nitrogen and oxygen atoms in total. The predicted octanol–water partition coefficient (Wildman–Crippen LogP) is 1.95. The van der Waals surface area contributed by atoms with Crippen molar-refractivity contribution < 1.29 is 9.72 Å². The molecule has 0 aliphatic carbocycles. The van der Waals surface area contributed by atoms with Crippen molar-refractivity contribution >= 4 is 35.0 Å². The summed E-state index contributed by atoms with van der Waals surface area (Å²) in [6.45, 7) is 0. The van der Waals surface area contributed by atoms with Gasteiger partial charge in [0.1, 0.15) is 5.82 Å². The van der Waals surface area contributed by atoms with Gasteiger partial charge in [-0.05, 0) is 17.8 Å². The van der Waals surface area contributed by atoms with E-state index in [9.17, 15) is 14.9 Å². The lowest BCUT2D eigenvalue weighted by molar-refractivity contribution is -0.384. The van der Waals surface area contributed by atoms with Crippen LogP contribution in [0.2, 0.25) is 5.02 Å². The number of carbonyl (C=O) groups is 1. The zero-order valence-corrected chi connectivity index (χ0v) is 13.1. The fraction of sp³-hybridized carbons (Fsp3) is 0.250. The standard InChI is InChI=1S/C12H12ClN5O3S/c1-17-11(5-4-10(14)19)15-16-12(17)22-9-3-2-7(18(20)21)6-8(9)13/h2-3,6H,4-5H2,1H3,(H2,14,19). The van der Waals surface area contributed by atoms with Gasteiger partial charge in [0, 0.05) is 36.9 Å². The Morgan fingerprint density at radius 2 is 2.23 bits per heavy atom. The number of aromatic nitrogens is 3. The number of nitrogens with two attached hydrogens (primary N) is 1. The zero-order chi connectivity index (χ0) is 16.3. The van der Waals surface area contributed by atoms with Gasteiger partial charge in [-0.25, -0.2) is 0 Å². The summed E-state index contributed by atoms with van der Waals surface area (Å²) in [6.07, 6.45) is 0.586. The topological polar surface area (TPSA) is 117 Å². The van der Waals surface area contributed by atoms with Crippen molar-refractivity contribution in [1.82, 2.24) is 14.8 Å². The molecule has 0 saturated heterocycles. The number of benzene rings is 1. The number of carbonyl (C=O) groups excluding carboxylic acids is 1. The second kappa shape index (κ2) is 6.75. The molecule has 0 bridgehead atoms. The van der Waals surface area contributed by atoms with Gasteiger partial charge in [0.15, 0.2) is 5.16 Å². The summed E-state index contributed by atoms with van der Waals surface area (Å²) in [7, 11) is 1.76. The number of primary amides is 1. The van der Waals surface area contributed by atoms with Gasteiger partial charge < -0.3 is 10.3 Å². The molecule has 1 heterocycles. The summed E-state index contributed by atoms with van der Waals surface area (Å²) in [5.74, 6) is 0.218. The van der Waals surface area contributed by atoms with Gasteiger partial charge in [0.25, 0.3) is 5.69 Å².